The molecule has 1 N–H and O–H groups in total. The summed E-state index contributed by atoms with van der Waals surface area (Å²) in [5.41, 5.74) is 2.33. The monoisotopic (exact) mass is 402 g/mol. The van der Waals surface area contributed by atoms with E-state index in [9.17, 15) is 9.59 Å². The smallest absolute Gasteiger partial charge is 0.325 e. The quantitative estimate of drug-likeness (QED) is 0.673. The minimum Gasteiger partial charge on any atom is -0.331 e. The number of urea groups is 1. The molecule has 2 unspecified atom stereocenters. The van der Waals surface area contributed by atoms with Gasteiger partial charge >= 0.3 is 6.03 Å². The Kier molecular flexibility index (Phi) is 6.99. The second-order valence-electron chi connectivity index (χ2n) is 7.56. The normalized spacial score (nSPS) is 21.6. The summed E-state index contributed by atoms with van der Waals surface area (Å²) in [5.74, 6) is 0.717. The average molecular weight is 403 g/mol. The largest absolute Gasteiger partial charge is 0.331 e. The van der Waals surface area contributed by atoms with Crippen LogP contribution in [0.25, 0.3) is 0 Å². The van der Waals surface area contributed by atoms with E-state index in [4.69, 9.17) is 4.99 Å². The molecule has 1 fully saturated rings. The van der Waals surface area contributed by atoms with Crippen molar-refractivity contribution in [1.82, 2.24) is 15.1 Å². The van der Waals surface area contributed by atoms with Gasteiger partial charge in [0, 0.05) is 19.3 Å². The van der Waals surface area contributed by atoms with Crippen molar-refractivity contribution in [2.75, 3.05) is 12.8 Å². The standard InChI is InChI=1S/C21H30N4O2S/c1-4-5-6-7-8-12-28-21-22-18-17(19(26)23-20(27)24(18)3)25(21)14-16-11-9-10-15(2)13-16/h9-11,13,17-18H,4-8,12,14H2,1-3H3,(H,23,26,27). The SMILES string of the molecule is CCCCCCCSC1=NC2C(C(=O)NC(=O)N2C)N1Cc1cccc(C)c1. The molecular formula is C21H30N4O2S. The summed E-state index contributed by atoms with van der Waals surface area (Å²) in [4.78, 5) is 33.0. The number of aryl methyl sites for hydroxylation is 1. The van der Waals surface area contributed by atoms with Crippen LogP contribution in [-0.4, -0.2) is 51.9 Å². The Morgan fingerprint density at radius 2 is 1.96 bits per heavy atom. The van der Waals surface area contributed by atoms with Crippen molar-refractivity contribution >= 4 is 28.9 Å². The van der Waals surface area contributed by atoms with Gasteiger partial charge in [0.25, 0.3) is 5.91 Å². The van der Waals surface area contributed by atoms with Crippen LogP contribution in [0.2, 0.25) is 0 Å². The number of likely N-dealkylation sites (N-methyl/N-ethyl adjacent to an activating group) is 1. The molecule has 6 nitrogen and oxygen atoms in total. The fourth-order valence-electron chi connectivity index (χ4n) is 3.66. The fraction of sp³-hybridized carbons (Fsp3) is 0.571. The summed E-state index contributed by atoms with van der Waals surface area (Å²) in [5, 5.41) is 3.33. The minimum atomic E-state index is -0.467. The van der Waals surface area contributed by atoms with E-state index in [2.05, 4.69) is 42.3 Å². The van der Waals surface area contributed by atoms with E-state index in [0.29, 0.717) is 6.54 Å². The van der Waals surface area contributed by atoms with Crippen LogP contribution < -0.4 is 5.32 Å². The lowest BCUT2D eigenvalue weighted by Crippen LogP contribution is -2.63. The molecule has 2 aliphatic rings. The van der Waals surface area contributed by atoms with E-state index in [0.717, 1.165) is 22.9 Å². The van der Waals surface area contributed by atoms with Gasteiger partial charge in [0.15, 0.2) is 17.4 Å². The van der Waals surface area contributed by atoms with Gasteiger partial charge in [0.1, 0.15) is 0 Å². The number of nitrogens with one attached hydrogen (secondary N) is 1. The highest BCUT2D eigenvalue weighted by Gasteiger charge is 2.48. The molecule has 2 aliphatic heterocycles. The van der Waals surface area contributed by atoms with E-state index in [1.165, 1.54) is 36.1 Å². The van der Waals surface area contributed by atoms with Crippen molar-refractivity contribution in [3.8, 4) is 0 Å². The molecule has 2 atom stereocenters. The van der Waals surface area contributed by atoms with Gasteiger partial charge in [0.2, 0.25) is 0 Å². The number of benzene rings is 1. The highest BCUT2D eigenvalue weighted by molar-refractivity contribution is 8.13. The molecular weight excluding hydrogens is 372 g/mol. The molecule has 3 rings (SSSR count). The van der Waals surface area contributed by atoms with Crippen LogP contribution in [-0.2, 0) is 11.3 Å². The lowest BCUT2D eigenvalue weighted by Gasteiger charge is -2.36. The molecule has 0 bridgehead atoms. The first kappa shape index (κ1) is 20.7. The Morgan fingerprint density at radius 1 is 1.18 bits per heavy atom. The maximum Gasteiger partial charge on any atom is 0.325 e. The summed E-state index contributed by atoms with van der Waals surface area (Å²) < 4.78 is 0. The second-order valence-corrected chi connectivity index (χ2v) is 8.62. The highest BCUT2D eigenvalue weighted by Crippen LogP contribution is 2.30. The molecule has 7 heteroatoms. The topological polar surface area (TPSA) is 65.0 Å². The maximum absolute atomic E-state index is 12.6. The molecule has 0 spiro atoms. The number of hydrogen-bond acceptors (Lipinski definition) is 5. The summed E-state index contributed by atoms with van der Waals surface area (Å²) in [6.07, 6.45) is 5.69. The summed E-state index contributed by atoms with van der Waals surface area (Å²) in [6, 6.07) is 7.46. The molecule has 3 amide bonds. The minimum absolute atomic E-state index is 0.261. The Balaban J connectivity index is 1.73. The zero-order valence-electron chi connectivity index (χ0n) is 17.0. The van der Waals surface area contributed by atoms with Gasteiger partial charge in [-0.05, 0) is 18.9 Å². The average Bonchev–Trinajstić information content (AvgIpc) is 3.02. The van der Waals surface area contributed by atoms with Gasteiger partial charge in [-0.1, -0.05) is 74.2 Å². The number of fused-ring (bicyclic) bond motifs is 1. The molecule has 0 aromatic heterocycles. The number of thioether (sulfide) groups is 1. The lowest BCUT2D eigenvalue weighted by molar-refractivity contribution is -0.127. The number of amides is 3. The Morgan fingerprint density at radius 3 is 2.71 bits per heavy atom. The van der Waals surface area contributed by atoms with Crippen molar-refractivity contribution in [1.29, 1.82) is 0 Å². The predicted octanol–water partition coefficient (Wildman–Crippen LogP) is 3.75. The van der Waals surface area contributed by atoms with Crippen molar-refractivity contribution in [3.63, 3.8) is 0 Å². The van der Waals surface area contributed by atoms with E-state index in [1.807, 2.05) is 6.07 Å². The van der Waals surface area contributed by atoms with Gasteiger partial charge in [0.05, 0.1) is 0 Å². The van der Waals surface area contributed by atoms with Crippen molar-refractivity contribution in [3.05, 3.63) is 35.4 Å². The second kappa shape index (κ2) is 9.45. The molecule has 1 aromatic rings. The first-order valence-electron chi connectivity index (χ1n) is 10.1. The predicted molar refractivity (Wildman–Crippen MR) is 114 cm³/mol. The van der Waals surface area contributed by atoms with Crippen LogP contribution in [0.4, 0.5) is 4.79 Å². The Bertz CT molecular complexity index is 752. The van der Waals surface area contributed by atoms with Crippen LogP contribution in [0.5, 0.6) is 0 Å². The zero-order chi connectivity index (χ0) is 20.1. The number of carbonyl (C=O) groups excluding carboxylic acids is 2. The van der Waals surface area contributed by atoms with Crippen LogP contribution in [0.1, 0.15) is 50.2 Å². The van der Waals surface area contributed by atoms with Crippen molar-refractivity contribution in [2.45, 2.75) is 64.7 Å². The van der Waals surface area contributed by atoms with E-state index in [-0.39, 0.29) is 11.9 Å². The van der Waals surface area contributed by atoms with E-state index < -0.39 is 12.2 Å². The molecule has 1 aromatic carbocycles. The van der Waals surface area contributed by atoms with Crippen LogP contribution in [0.15, 0.2) is 29.3 Å². The number of amidine groups is 1. The van der Waals surface area contributed by atoms with Crippen LogP contribution in [0, 0.1) is 6.92 Å². The molecule has 0 saturated carbocycles. The van der Waals surface area contributed by atoms with Gasteiger partial charge in [-0.25, -0.2) is 9.79 Å². The number of imide groups is 1. The summed E-state index contributed by atoms with van der Waals surface area (Å²) in [6.45, 7) is 4.89. The third-order valence-corrected chi connectivity index (χ3v) is 6.33. The lowest BCUT2D eigenvalue weighted by atomic mass is 10.1. The number of rotatable bonds is 8. The first-order chi connectivity index (χ1) is 13.5. The number of hydrogen-bond donors (Lipinski definition) is 1. The zero-order valence-corrected chi connectivity index (χ0v) is 17.8. The Labute approximate surface area is 171 Å². The van der Waals surface area contributed by atoms with E-state index in [1.54, 1.807) is 18.8 Å². The molecule has 152 valence electrons. The number of aliphatic imine (C=N–C) groups is 1. The van der Waals surface area contributed by atoms with Gasteiger partial charge in [-0.3, -0.25) is 10.1 Å². The fourth-order valence-corrected chi connectivity index (χ4v) is 4.72. The highest BCUT2D eigenvalue weighted by atomic mass is 32.2. The third-order valence-electron chi connectivity index (χ3n) is 5.24. The summed E-state index contributed by atoms with van der Waals surface area (Å²) >= 11 is 1.70. The van der Waals surface area contributed by atoms with Gasteiger partial charge in [-0.2, -0.15) is 0 Å². The third kappa shape index (κ3) is 4.69. The molecule has 0 radical (unpaired) electrons. The number of nitrogens with zero attached hydrogens (tertiary/aromatic N) is 3. The van der Waals surface area contributed by atoms with Gasteiger partial charge in [-0.15, -0.1) is 0 Å². The van der Waals surface area contributed by atoms with Gasteiger partial charge < -0.3 is 9.80 Å². The molecule has 28 heavy (non-hydrogen) atoms. The van der Waals surface area contributed by atoms with Crippen molar-refractivity contribution < 1.29 is 9.59 Å². The van der Waals surface area contributed by atoms with Crippen LogP contribution >= 0.6 is 11.8 Å². The number of unbranched alkanes of at least 4 members (excludes halogenated alkanes) is 4. The van der Waals surface area contributed by atoms with Crippen LogP contribution in [0.3, 0.4) is 0 Å². The maximum atomic E-state index is 12.6. The molecule has 0 aliphatic carbocycles. The Hall–Kier alpha value is -2.02. The molecule has 1 saturated heterocycles. The summed E-state index contributed by atoms with van der Waals surface area (Å²) in [7, 11) is 1.70. The number of carbonyl (C=O) groups is 2. The van der Waals surface area contributed by atoms with E-state index >= 15 is 0 Å². The first-order valence-corrected chi connectivity index (χ1v) is 11.1. The van der Waals surface area contributed by atoms with Crippen molar-refractivity contribution in [2.24, 2.45) is 4.99 Å². The molecule has 2 heterocycles.